The van der Waals surface area contributed by atoms with E-state index in [2.05, 4.69) is 15.6 Å². The Bertz CT molecular complexity index is 1340. The van der Waals surface area contributed by atoms with Crippen LogP contribution < -0.4 is 10.6 Å². The van der Waals surface area contributed by atoms with E-state index in [1.807, 2.05) is 30.3 Å². The molecule has 9 heteroatoms. The van der Waals surface area contributed by atoms with Crippen molar-refractivity contribution < 1.29 is 24.6 Å². The van der Waals surface area contributed by atoms with Crippen molar-refractivity contribution in [1.29, 1.82) is 0 Å². The van der Waals surface area contributed by atoms with Crippen LogP contribution in [-0.4, -0.2) is 38.8 Å². The van der Waals surface area contributed by atoms with E-state index in [-0.39, 0.29) is 35.3 Å². The van der Waals surface area contributed by atoms with Gasteiger partial charge in [0.1, 0.15) is 0 Å². The molecule has 0 bridgehead atoms. The largest absolute Gasteiger partial charge is 0.494 e. The summed E-state index contributed by atoms with van der Waals surface area (Å²) in [4.78, 5) is 42.0. The molecule has 4 rings (SSSR count). The van der Waals surface area contributed by atoms with E-state index < -0.39 is 29.7 Å². The fourth-order valence-electron chi connectivity index (χ4n) is 5.03. The van der Waals surface area contributed by atoms with Crippen molar-refractivity contribution in [2.75, 3.05) is 0 Å². The number of ketones is 1. The van der Waals surface area contributed by atoms with Gasteiger partial charge in [-0.2, -0.15) is 0 Å². The third-order valence-corrected chi connectivity index (χ3v) is 7.38. The fourth-order valence-corrected chi connectivity index (χ4v) is 5.16. The summed E-state index contributed by atoms with van der Waals surface area (Å²) in [5, 5.41) is 26.6. The SMILES string of the molecule is Cc1c(O)[nH]c(O)c1C(=O)[C@@H](NC(=O)C[C@H](NC(=O)C=Cc1ccc(Cl)cc1)c1ccccc1)C1CCCC1. The second-order valence-electron chi connectivity index (χ2n) is 9.84. The maximum absolute atomic E-state index is 13.5. The van der Waals surface area contributed by atoms with Crippen LogP contribution in [0.3, 0.4) is 0 Å². The molecule has 0 spiro atoms. The molecule has 8 nitrogen and oxygen atoms in total. The molecule has 1 aliphatic rings. The summed E-state index contributed by atoms with van der Waals surface area (Å²) in [7, 11) is 0. The molecule has 2 amide bonds. The first-order valence-corrected chi connectivity index (χ1v) is 13.3. The topological polar surface area (TPSA) is 132 Å². The van der Waals surface area contributed by atoms with Crippen LogP contribution in [0.25, 0.3) is 6.08 Å². The smallest absolute Gasteiger partial charge is 0.244 e. The molecule has 39 heavy (non-hydrogen) atoms. The van der Waals surface area contributed by atoms with Gasteiger partial charge in [0.05, 0.1) is 24.1 Å². The standard InChI is InChI=1S/C30H32ClN3O5/c1-18-26(30(39)34-29(18)38)28(37)27(21-9-5-6-10-21)33-25(36)17-23(20-7-3-2-4-8-20)32-24(35)16-13-19-11-14-22(31)15-12-19/h2-4,7-8,11-16,21,23,27,34,38-39H,5-6,9-10,17H2,1H3,(H,32,35)(H,33,36)/t23-,27-/m0/s1. The van der Waals surface area contributed by atoms with Crippen molar-refractivity contribution in [3.63, 3.8) is 0 Å². The van der Waals surface area contributed by atoms with Gasteiger partial charge in [-0.1, -0.05) is 66.9 Å². The molecule has 1 fully saturated rings. The van der Waals surface area contributed by atoms with Gasteiger partial charge in [-0.05, 0) is 55.0 Å². The van der Waals surface area contributed by atoms with Crippen molar-refractivity contribution in [1.82, 2.24) is 15.6 Å². The van der Waals surface area contributed by atoms with E-state index in [9.17, 15) is 24.6 Å². The van der Waals surface area contributed by atoms with Crippen molar-refractivity contribution >= 4 is 35.3 Å². The second kappa shape index (κ2) is 12.7. The van der Waals surface area contributed by atoms with Gasteiger partial charge in [-0.25, -0.2) is 0 Å². The van der Waals surface area contributed by atoms with Gasteiger partial charge < -0.3 is 20.8 Å². The molecule has 2 aromatic carbocycles. The van der Waals surface area contributed by atoms with Crippen LogP contribution in [0.1, 0.15) is 65.2 Å². The summed E-state index contributed by atoms with van der Waals surface area (Å²) in [5.41, 5.74) is 1.76. The fraction of sp³-hybridized carbons (Fsp3) is 0.300. The van der Waals surface area contributed by atoms with Gasteiger partial charge in [0, 0.05) is 16.7 Å². The minimum absolute atomic E-state index is 0.0232. The van der Waals surface area contributed by atoms with Crippen molar-refractivity contribution in [3.05, 3.63) is 87.9 Å². The van der Waals surface area contributed by atoms with E-state index in [1.54, 1.807) is 30.3 Å². The summed E-state index contributed by atoms with van der Waals surface area (Å²) >= 11 is 5.92. The highest BCUT2D eigenvalue weighted by molar-refractivity contribution is 6.30. The summed E-state index contributed by atoms with van der Waals surface area (Å²) in [5.74, 6) is -2.04. The Hall–Kier alpha value is -4.04. The Kier molecular flexibility index (Phi) is 9.09. The molecule has 5 N–H and O–H groups in total. The minimum Gasteiger partial charge on any atom is -0.494 e. The Morgan fingerprint density at radius 3 is 2.28 bits per heavy atom. The number of hydrogen-bond donors (Lipinski definition) is 5. The zero-order valence-electron chi connectivity index (χ0n) is 21.6. The molecule has 1 aromatic heterocycles. The molecule has 0 aliphatic heterocycles. The molecular formula is C30H32ClN3O5. The van der Waals surface area contributed by atoms with Crippen LogP contribution in [0.2, 0.25) is 5.02 Å². The van der Waals surface area contributed by atoms with Crippen LogP contribution in [0.5, 0.6) is 11.8 Å². The predicted octanol–water partition coefficient (Wildman–Crippen LogP) is 5.21. The highest BCUT2D eigenvalue weighted by atomic mass is 35.5. The summed E-state index contributed by atoms with van der Waals surface area (Å²) in [6.07, 6.45) is 6.37. The number of aromatic amines is 1. The normalized spacial score (nSPS) is 15.2. The van der Waals surface area contributed by atoms with Crippen molar-refractivity contribution in [2.24, 2.45) is 5.92 Å². The van der Waals surface area contributed by atoms with Gasteiger partial charge >= 0.3 is 0 Å². The maximum atomic E-state index is 13.5. The zero-order chi connectivity index (χ0) is 27.9. The van der Waals surface area contributed by atoms with Gasteiger partial charge in [0.2, 0.25) is 17.7 Å². The lowest BCUT2D eigenvalue weighted by atomic mass is 9.90. The lowest BCUT2D eigenvalue weighted by molar-refractivity contribution is -0.123. The van der Waals surface area contributed by atoms with Gasteiger partial charge in [0.25, 0.3) is 0 Å². The minimum atomic E-state index is -0.864. The molecule has 0 unspecified atom stereocenters. The highest BCUT2D eigenvalue weighted by Crippen LogP contribution is 2.34. The number of nitrogens with one attached hydrogen (secondary N) is 3. The third-order valence-electron chi connectivity index (χ3n) is 7.13. The van der Waals surface area contributed by atoms with Crippen molar-refractivity contribution in [3.8, 4) is 11.8 Å². The van der Waals surface area contributed by atoms with Crippen LogP contribution in [-0.2, 0) is 9.59 Å². The first kappa shape index (κ1) is 28.0. The quantitative estimate of drug-likeness (QED) is 0.175. The van der Waals surface area contributed by atoms with Crippen LogP contribution in [0.4, 0.5) is 0 Å². The van der Waals surface area contributed by atoms with Crippen LogP contribution in [0, 0.1) is 12.8 Å². The lowest BCUT2D eigenvalue weighted by Gasteiger charge is -2.25. The van der Waals surface area contributed by atoms with Gasteiger partial charge in [-0.15, -0.1) is 0 Å². The van der Waals surface area contributed by atoms with E-state index >= 15 is 0 Å². The number of aromatic nitrogens is 1. The third kappa shape index (κ3) is 7.09. The first-order valence-electron chi connectivity index (χ1n) is 13.0. The number of benzene rings is 2. The van der Waals surface area contributed by atoms with Gasteiger partial charge in [0.15, 0.2) is 11.7 Å². The summed E-state index contributed by atoms with van der Waals surface area (Å²) in [6, 6.07) is 14.7. The number of amides is 2. The molecule has 2 atom stereocenters. The van der Waals surface area contributed by atoms with E-state index in [0.717, 1.165) is 36.8 Å². The second-order valence-corrected chi connectivity index (χ2v) is 10.3. The number of halogens is 1. The summed E-state index contributed by atoms with van der Waals surface area (Å²) < 4.78 is 0. The molecule has 1 heterocycles. The molecular weight excluding hydrogens is 518 g/mol. The molecule has 1 saturated carbocycles. The number of aromatic hydroxyl groups is 2. The average Bonchev–Trinajstić information content (AvgIpc) is 3.54. The number of carbonyl (C=O) groups is 3. The van der Waals surface area contributed by atoms with E-state index in [4.69, 9.17) is 11.6 Å². The highest BCUT2D eigenvalue weighted by Gasteiger charge is 2.36. The maximum Gasteiger partial charge on any atom is 0.244 e. The molecule has 0 saturated heterocycles. The molecule has 204 valence electrons. The number of carbonyl (C=O) groups excluding carboxylic acids is 3. The Morgan fingerprint density at radius 2 is 1.67 bits per heavy atom. The van der Waals surface area contributed by atoms with E-state index in [1.165, 1.54) is 13.0 Å². The molecule has 3 aromatic rings. The van der Waals surface area contributed by atoms with Crippen molar-refractivity contribution in [2.45, 2.75) is 51.1 Å². The monoisotopic (exact) mass is 549 g/mol. The number of Topliss-reactive ketones (excluding diaryl/α,β-unsaturated/α-hetero) is 1. The van der Waals surface area contributed by atoms with E-state index in [0.29, 0.717) is 5.02 Å². The number of hydrogen-bond acceptors (Lipinski definition) is 5. The van der Waals surface area contributed by atoms with Gasteiger partial charge in [-0.3, -0.25) is 19.4 Å². The van der Waals surface area contributed by atoms with Crippen LogP contribution >= 0.6 is 11.6 Å². The Morgan fingerprint density at radius 1 is 1.00 bits per heavy atom. The predicted molar refractivity (Wildman–Crippen MR) is 150 cm³/mol. The lowest BCUT2D eigenvalue weighted by Crippen LogP contribution is -2.46. The van der Waals surface area contributed by atoms with Crippen LogP contribution in [0.15, 0.2) is 60.7 Å². The summed E-state index contributed by atoms with van der Waals surface area (Å²) in [6.45, 7) is 1.53. The Labute approximate surface area is 232 Å². The molecule has 1 aliphatic carbocycles. The Balaban J connectivity index is 1.50. The number of H-pyrrole nitrogens is 1. The molecule has 0 radical (unpaired) electrons. The first-order chi connectivity index (χ1) is 18.7. The number of rotatable bonds is 10. The average molecular weight is 550 g/mol. The zero-order valence-corrected chi connectivity index (χ0v) is 22.4.